The summed E-state index contributed by atoms with van der Waals surface area (Å²) in [5, 5.41) is 14.7. The van der Waals surface area contributed by atoms with E-state index >= 15 is 0 Å². The Morgan fingerprint density at radius 2 is 2.38 bits per heavy atom. The van der Waals surface area contributed by atoms with Crippen molar-refractivity contribution >= 4 is 17.2 Å². The number of hydrogen-bond acceptors (Lipinski definition) is 3. The van der Waals surface area contributed by atoms with Gasteiger partial charge in [0.2, 0.25) is 5.91 Å². The second-order valence-electron chi connectivity index (χ2n) is 4.43. The molecule has 16 heavy (non-hydrogen) atoms. The van der Waals surface area contributed by atoms with E-state index in [1.165, 1.54) is 0 Å². The van der Waals surface area contributed by atoms with E-state index in [9.17, 15) is 9.90 Å². The van der Waals surface area contributed by atoms with Crippen molar-refractivity contribution in [1.82, 2.24) is 5.32 Å². The molecule has 1 heterocycles. The maximum absolute atomic E-state index is 11.5. The summed E-state index contributed by atoms with van der Waals surface area (Å²) in [6.07, 6.45) is 3.83. The van der Waals surface area contributed by atoms with Crippen LogP contribution in [0.2, 0.25) is 0 Å². The number of carbonyl (C=O) groups is 1. The summed E-state index contributed by atoms with van der Waals surface area (Å²) in [4.78, 5) is 12.7. The Morgan fingerprint density at radius 1 is 1.56 bits per heavy atom. The topological polar surface area (TPSA) is 49.3 Å². The molecule has 4 heteroatoms. The van der Waals surface area contributed by atoms with Gasteiger partial charge in [-0.1, -0.05) is 6.07 Å². The largest absolute Gasteiger partial charge is 0.390 e. The molecule has 1 amide bonds. The number of nitrogens with one attached hydrogen (secondary N) is 1. The minimum atomic E-state index is -0.541. The van der Waals surface area contributed by atoms with Crippen molar-refractivity contribution in [3.05, 3.63) is 22.4 Å². The molecule has 2 rings (SSSR count). The first-order chi connectivity index (χ1) is 7.68. The van der Waals surface area contributed by atoms with Gasteiger partial charge in [0.15, 0.2) is 0 Å². The minimum absolute atomic E-state index is 0.0359. The first-order valence-electron chi connectivity index (χ1n) is 5.69. The molecule has 1 fully saturated rings. The molecule has 2 N–H and O–H groups in total. The second-order valence-corrected chi connectivity index (χ2v) is 5.47. The fraction of sp³-hybridized carbons (Fsp3) is 0.583. The lowest BCUT2D eigenvalue weighted by atomic mass is 9.77. The van der Waals surface area contributed by atoms with Crippen molar-refractivity contribution in [2.24, 2.45) is 0 Å². The van der Waals surface area contributed by atoms with Gasteiger partial charge in [-0.3, -0.25) is 4.79 Å². The fourth-order valence-electron chi connectivity index (χ4n) is 1.87. The normalized spacial score (nSPS) is 17.8. The van der Waals surface area contributed by atoms with Gasteiger partial charge < -0.3 is 10.4 Å². The molecule has 1 aliphatic rings. The molecule has 0 unspecified atom stereocenters. The molecule has 1 aromatic rings. The lowest BCUT2D eigenvalue weighted by Gasteiger charge is -2.36. The van der Waals surface area contributed by atoms with E-state index in [-0.39, 0.29) is 5.91 Å². The highest BCUT2D eigenvalue weighted by Crippen LogP contribution is 2.35. The van der Waals surface area contributed by atoms with Gasteiger partial charge in [0.1, 0.15) is 0 Å². The highest BCUT2D eigenvalue weighted by atomic mass is 32.1. The standard InChI is InChI=1S/C12H17NO2S/c14-11(4-7-12(15)5-2-6-12)13-9-10-3-1-8-16-10/h1,3,8,15H,2,4-7,9H2,(H,13,14). The number of thiophene rings is 1. The zero-order valence-electron chi connectivity index (χ0n) is 9.24. The SMILES string of the molecule is O=C(CCC1(O)CCC1)NCc1cccs1. The third-order valence-electron chi connectivity index (χ3n) is 3.14. The Kier molecular flexibility index (Phi) is 3.61. The summed E-state index contributed by atoms with van der Waals surface area (Å²) in [7, 11) is 0. The Morgan fingerprint density at radius 3 is 2.94 bits per heavy atom. The van der Waals surface area contributed by atoms with E-state index in [1.54, 1.807) is 11.3 Å². The van der Waals surface area contributed by atoms with Gasteiger partial charge in [-0.25, -0.2) is 0 Å². The van der Waals surface area contributed by atoms with E-state index in [1.807, 2.05) is 17.5 Å². The molecule has 0 spiro atoms. The average Bonchev–Trinajstić information content (AvgIpc) is 2.73. The smallest absolute Gasteiger partial charge is 0.220 e. The van der Waals surface area contributed by atoms with Crippen molar-refractivity contribution in [3.8, 4) is 0 Å². The molecule has 0 aliphatic heterocycles. The van der Waals surface area contributed by atoms with Gasteiger partial charge in [-0.05, 0) is 37.1 Å². The molecule has 1 aliphatic carbocycles. The third kappa shape index (κ3) is 3.06. The van der Waals surface area contributed by atoms with Gasteiger partial charge in [-0.2, -0.15) is 0 Å². The van der Waals surface area contributed by atoms with Crippen molar-refractivity contribution in [2.45, 2.75) is 44.2 Å². The van der Waals surface area contributed by atoms with Crippen molar-refractivity contribution in [3.63, 3.8) is 0 Å². The molecule has 88 valence electrons. The highest BCUT2D eigenvalue weighted by Gasteiger charge is 2.34. The van der Waals surface area contributed by atoms with Crippen molar-refractivity contribution in [1.29, 1.82) is 0 Å². The zero-order chi connectivity index (χ0) is 11.4. The van der Waals surface area contributed by atoms with E-state index in [4.69, 9.17) is 0 Å². The third-order valence-corrected chi connectivity index (χ3v) is 4.02. The summed E-state index contributed by atoms with van der Waals surface area (Å²) in [5.74, 6) is 0.0359. The van der Waals surface area contributed by atoms with Crippen LogP contribution in [0.25, 0.3) is 0 Å². The summed E-state index contributed by atoms with van der Waals surface area (Å²) in [6, 6.07) is 3.98. The van der Waals surface area contributed by atoms with E-state index in [0.717, 1.165) is 24.1 Å². The van der Waals surface area contributed by atoms with Gasteiger partial charge in [0.25, 0.3) is 0 Å². The molecule has 1 saturated carbocycles. The van der Waals surface area contributed by atoms with Crippen LogP contribution in [0.3, 0.4) is 0 Å². The Labute approximate surface area is 99.5 Å². The van der Waals surface area contributed by atoms with Crippen LogP contribution in [-0.4, -0.2) is 16.6 Å². The Balaban J connectivity index is 1.65. The quantitative estimate of drug-likeness (QED) is 0.826. The average molecular weight is 239 g/mol. The van der Waals surface area contributed by atoms with Crippen LogP contribution in [0.15, 0.2) is 17.5 Å². The lowest BCUT2D eigenvalue weighted by molar-refractivity contribution is -0.123. The van der Waals surface area contributed by atoms with Crippen LogP contribution in [-0.2, 0) is 11.3 Å². The monoisotopic (exact) mass is 239 g/mol. The molecule has 0 aromatic carbocycles. The second kappa shape index (κ2) is 4.97. The van der Waals surface area contributed by atoms with Gasteiger partial charge in [0.05, 0.1) is 12.1 Å². The van der Waals surface area contributed by atoms with Gasteiger partial charge in [0, 0.05) is 11.3 Å². The number of aliphatic hydroxyl groups is 1. The first-order valence-corrected chi connectivity index (χ1v) is 6.57. The van der Waals surface area contributed by atoms with E-state index < -0.39 is 5.60 Å². The zero-order valence-corrected chi connectivity index (χ0v) is 10.1. The maximum Gasteiger partial charge on any atom is 0.220 e. The summed E-state index contributed by atoms with van der Waals surface area (Å²) >= 11 is 1.64. The molecule has 3 nitrogen and oxygen atoms in total. The molecule has 0 atom stereocenters. The molecule has 1 aromatic heterocycles. The van der Waals surface area contributed by atoms with E-state index in [2.05, 4.69) is 5.32 Å². The molecular weight excluding hydrogens is 222 g/mol. The van der Waals surface area contributed by atoms with Crippen LogP contribution in [0.5, 0.6) is 0 Å². The van der Waals surface area contributed by atoms with Gasteiger partial charge >= 0.3 is 0 Å². The number of carbonyl (C=O) groups excluding carboxylic acids is 1. The predicted octanol–water partition coefficient (Wildman–Crippen LogP) is 2.06. The minimum Gasteiger partial charge on any atom is -0.390 e. The van der Waals surface area contributed by atoms with E-state index in [0.29, 0.717) is 19.4 Å². The van der Waals surface area contributed by atoms with Crippen LogP contribution >= 0.6 is 11.3 Å². The van der Waals surface area contributed by atoms with Crippen LogP contribution in [0, 0.1) is 0 Å². The Hall–Kier alpha value is -0.870. The molecule has 0 bridgehead atoms. The molecule has 0 saturated heterocycles. The Bertz CT molecular complexity index is 344. The number of amides is 1. The van der Waals surface area contributed by atoms with Crippen LogP contribution < -0.4 is 5.32 Å². The summed E-state index contributed by atoms with van der Waals surface area (Å²) in [5.41, 5.74) is -0.541. The number of rotatable bonds is 5. The van der Waals surface area contributed by atoms with Crippen molar-refractivity contribution < 1.29 is 9.90 Å². The first kappa shape index (κ1) is 11.6. The summed E-state index contributed by atoms with van der Waals surface area (Å²) in [6.45, 7) is 0.606. The van der Waals surface area contributed by atoms with Crippen LogP contribution in [0.4, 0.5) is 0 Å². The summed E-state index contributed by atoms with van der Waals surface area (Å²) < 4.78 is 0. The lowest BCUT2D eigenvalue weighted by Crippen LogP contribution is -2.38. The molecular formula is C12H17NO2S. The predicted molar refractivity (Wildman–Crippen MR) is 64.2 cm³/mol. The van der Waals surface area contributed by atoms with Crippen LogP contribution in [0.1, 0.15) is 37.0 Å². The molecule has 0 radical (unpaired) electrons. The van der Waals surface area contributed by atoms with Crippen molar-refractivity contribution in [2.75, 3.05) is 0 Å². The fourth-order valence-corrected chi connectivity index (χ4v) is 2.51. The number of hydrogen-bond donors (Lipinski definition) is 2. The highest BCUT2D eigenvalue weighted by molar-refractivity contribution is 7.09. The van der Waals surface area contributed by atoms with Gasteiger partial charge in [-0.15, -0.1) is 11.3 Å². The maximum atomic E-state index is 11.5.